The molecule has 0 heterocycles. The fourth-order valence-electron chi connectivity index (χ4n) is 0.349. The first kappa shape index (κ1) is 10.3. The molecule has 0 radical (unpaired) electrons. The molecule has 0 unspecified atom stereocenters. The Kier molecular flexibility index (Phi) is 8.56. The van der Waals surface area contributed by atoms with Gasteiger partial charge in [0.15, 0.2) is 0 Å². The molecule has 0 bridgehead atoms. The summed E-state index contributed by atoms with van der Waals surface area (Å²) in [5.74, 6) is 0. The number of hydrogen-bond donors (Lipinski definition) is 2. The molecule has 0 aliphatic rings. The van der Waals surface area contributed by atoms with Crippen molar-refractivity contribution in [3.8, 4) is 0 Å². The molecule has 0 aromatic rings. The summed E-state index contributed by atoms with van der Waals surface area (Å²) in [6.45, 7) is 2.13. The van der Waals surface area contributed by atoms with Crippen LogP contribution in [0.4, 0.5) is 0 Å². The normalized spacial score (nSPS) is 11.1. The van der Waals surface area contributed by atoms with Gasteiger partial charge in [-0.3, -0.25) is 0 Å². The van der Waals surface area contributed by atoms with E-state index in [1.54, 1.807) is 0 Å². The van der Waals surface area contributed by atoms with E-state index in [9.17, 15) is 0 Å². The molecule has 0 aromatic carbocycles. The molecular weight excluding hydrogens is 344 g/mol. The molecule has 0 amide bonds. The van der Waals surface area contributed by atoms with Gasteiger partial charge in [-0.15, -0.1) is 0 Å². The molecule has 0 aliphatic heterocycles. The van der Waals surface area contributed by atoms with E-state index in [2.05, 4.69) is 38.1 Å². The molecule has 0 aliphatic carbocycles. The number of nitrogens with one attached hydrogen (secondary N) is 1. The van der Waals surface area contributed by atoms with Crippen LogP contribution >= 0.6 is 22.6 Å². The summed E-state index contributed by atoms with van der Waals surface area (Å²) < 4.78 is 8.66. The molecule has 9 heavy (non-hydrogen) atoms. The Balaban J connectivity index is 2.88. The number of hydrogen-bond acceptors (Lipinski definition) is 3. The maximum atomic E-state index is 5.46. The molecule has 3 N–H and O–H groups in total. The van der Waals surface area contributed by atoms with Crippen LogP contribution in [-0.4, -0.2) is 27.8 Å². The fraction of sp³-hybridized carbons (Fsp3) is 1.00. The zero-order valence-corrected chi connectivity index (χ0v) is 9.72. The Morgan fingerprint density at radius 3 is 2.89 bits per heavy atom. The van der Waals surface area contributed by atoms with Crippen LogP contribution < -0.4 is 31.0 Å². The first-order valence-corrected chi connectivity index (χ1v) is 6.36. The summed E-state index contributed by atoms with van der Waals surface area (Å²) in [6.07, 6.45) is 0. The number of alkyl halides is 1. The second-order valence-corrected chi connectivity index (χ2v) is 4.53. The Bertz CT molecular complexity index is 61.8. The van der Waals surface area contributed by atoms with Crippen molar-refractivity contribution in [2.45, 2.75) is 0 Å². The van der Waals surface area contributed by atoms with E-state index in [0.29, 0.717) is 0 Å². The van der Waals surface area contributed by atoms with Gasteiger partial charge in [0.1, 0.15) is 0 Å². The quantitative estimate of drug-likeness (QED) is 0.179. The number of nitrogens with two attached hydrogens (primary N) is 1. The summed E-state index contributed by atoms with van der Waals surface area (Å²) in [6, 6.07) is 0. The van der Waals surface area contributed by atoms with E-state index in [1.807, 2.05) is 0 Å². The first-order valence-electron chi connectivity index (χ1n) is 2.63. The van der Waals surface area contributed by atoms with Crippen molar-refractivity contribution >= 4 is 22.6 Å². The van der Waals surface area contributed by atoms with Crippen LogP contribution in [-0.2, 0) is 0 Å². The fourth-order valence-corrected chi connectivity index (χ4v) is 1.25. The molecule has 0 rings (SSSR count). The number of halogens is 2. The average Bonchev–Trinajstić information content (AvgIpc) is 1.89. The van der Waals surface area contributed by atoms with E-state index in [4.69, 9.17) is 3.95 Å². The number of likely N-dealkylation sites (N-methyl/N-ethyl adjacent to an activating group) is 1. The molecule has 5 heteroatoms. The standard InChI is InChI=1S/C4H12I2N3/c1-9(6-7)3-2-8-4-5/h8H,2-4,7H2,1H3/q-1. The summed E-state index contributed by atoms with van der Waals surface area (Å²) >= 11 is 2.11. The number of rotatable bonds is 5. The predicted octanol–water partition coefficient (Wildman–Crippen LogP) is -3.22. The molecule has 3 nitrogen and oxygen atoms in total. The Labute approximate surface area is 80.8 Å². The van der Waals surface area contributed by atoms with Gasteiger partial charge >= 0.3 is 81.4 Å². The molecule has 0 spiro atoms. The van der Waals surface area contributed by atoms with Crippen LogP contribution in [0.15, 0.2) is 0 Å². The molecular formula is C4H12I2N3-. The van der Waals surface area contributed by atoms with Gasteiger partial charge in [0.25, 0.3) is 0 Å². The van der Waals surface area contributed by atoms with Crippen molar-refractivity contribution in [1.29, 1.82) is 0 Å². The third kappa shape index (κ3) is 7.23. The van der Waals surface area contributed by atoms with E-state index < -0.39 is 0 Å². The van der Waals surface area contributed by atoms with E-state index in [0.717, 1.165) is 17.6 Å². The molecule has 58 valence electrons. The van der Waals surface area contributed by atoms with Gasteiger partial charge in [0, 0.05) is 0 Å². The van der Waals surface area contributed by atoms with Crippen LogP contribution in [0.2, 0.25) is 0 Å². The zero-order valence-electron chi connectivity index (χ0n) is 5.40. The summed E-state index contributed by atoms with van der Waals surface area (Å²) in [5, 5.41) is 3.22. The van der Waals surface area contributed by atoms with E-state index in [-0.39, 0.29) is 21.8 Å². The molecule has 0 atom stereocenters. The molecule has 0 aromatic heterocycles. The van der Waals surface area contributed by atoms with Gasteiger partial charge in [0.2, 0.25) is 0 Å². The van der Waals surface area contributed by atoms with E-state index in [1.165, 1.54) is 0 Å². The molecule has 0 fully saturated rings. The molecule has 0 saturated carbocycles. The SMILES string of the molecule is CN(CCNCI)[I-]N. The summed E-state index contributed by atoms with van der Waals surface area (Å²) in [4.78, 5) is 0. The van der Waals surface area contributed by atoms with Gasteiger partial charge in [0.05, 0.1) is 0 Å². The third-order valence-corrected chi connectivity index (χ3v) is 2.83. The molecule has 0 saturated heterocycles. The van der Waals surface area contributed by atoms with Gasteiger partial charge < -0.3 is 0 Å². The number of nitrogens with zero attached hydrogens (tertiary/aromatic N) is 1. The van der Waals surface area contributed by atoms with Crippen molar-refractivity contribution in [3.05, 3.63) is 0 Å². The van der Waals surface area contributed by atoms with Crippen LogP contribution in [0.25, 0.3) is 0 Å². The first-order chi connectivity index (χ1) is 4.31. The Morgan fingerprint density at radius 1 is 1.78 bits per heavy atom. The second-order valence-electron chi connectivity index (χ2n) is 1.56. The van der Waals surface area contributed by atoms with Crippen molar-refractivity contribution in [2.75, 3.05) is 24.7 Å². The Hall–Kier alpha value is 1.34. The van der Waals surface area contributed by atoms with Crippen LogP contribution in [0.3, 0.4) is 0 Å². The van der Waals surface area contributed by atoms with Crippen molar-refractivity contribution in [2.24, 2.45) is 3.95 Å². The topological polar surface area (TPSA) is 41.3 Å². The van der Waals surface area contributed by atoms with Crippen molar-refractivity contribution in [1.82, 2.24) is 8.43 Å². The van der Waals surface area contributed by atoms with Crippen LogP contribution in [0, 0.1) is 0 Å². The Morgan fingerprint density at radius 2 is 2.44 bits per heavy atom. The second kappa shape index (κ2) is 7.45. The van der Waals surface area contributed by atoms with Gasteiger partial charge in [-0.2, -0.15) is 0 Å². The van der Waals surface area contributed by atoms with Gasteiger partial charge in [-0.25, -0.2) is 0 Å². The van der Waals surface area contributed by atoms with Crippen molar-refractivity contribution < 1.29 is 21.8 Å². The minimum absolute atomic E-state index is 0.182. The van der Waals surface area contributed by atoms with Crippen LogP contribution in [0.5, 0.6) is 0 Å². The maximum absolute atomic E-state index is 5.46. The van der Waals surface area contributed by atoms with E-state index >= 15 is 0 Å². The third-order valence-electron chi connectivity index (χ3n) is 0.858. The van der Waals surface area contributed by atoms with Gasteiger partial charge in [-0.1, -0.05) is 0 Å². The zero-order chi connectivity index (χ0) is 7.11. The predicted molar refractivity (Wildman–Crippen MR) is 43.7 cm³/mol. The average molecular weight is 356 g/mol. The monoisotopic (exact) mass is 356 g/mol. The van der Waals surface area contributed by atoms with Crippen molar-refractivity contribution in [3.63, 3.8) is 0 Å². The minimum atomic E-state index is -0.182. The summed E-state index contributed by atoms with van der Waals surface area (Å²) in [7, 11) is 2.06. The summed E-state index contributed by atoms with van der Waals surface area (Å²) in [5.41, 5.74) is 0. The van der Waals surface area contributed by atoms with Gasteiger partial charge in [-0.05, 0) is 0 Å². The van der Waals surface area contributed by atoms with Crippen LogP contribution in [0.1, 0.15) is 0 Å².